The molecule has 2 aromatic carbocycles. The molecule has 0 bridgehead atoms. The van der Waals surface area contributed by atoms with Crippen LogP contribution in [0.3, 0.4) is 0 Å². The van der Waals surface area contributed by atoms with Crippen molar-refractivity contribution in [2.45, 2.75) is 13.0 Å². The minimum absolute atomic E-state index is 0.0205. The van der Waals surface area contributed by atoms with Gasteiger partial charge in [0.05, 0.1) is 6.26 Å². The zero-order chi connectivity index (χ0) is 17.6. The minimum atomic E-state index is -0.310. The Morgan fingerprint density at radius 1 is 1.04 bits per heavy atom. The molecule has 2 amide bonds. The molecule has 0 atom stereocenters. The van der Waals surface area contributed by atoms with Crippen LogP contribution >= 0.6 is 0 Å². The van der Waals surface area contributed by atoms with E-state index >= 15 is 0 Å². The molecule has 0 unspecified atom stereocenters. The Morgan fingerprint density at radius 3 is 2.60 bits per heavy atom. The third kappa shape index (κ3) is 4.26. The number of furan rings is 1. The molecule has 0 saturated carbocycles. The van der Waals surface area contributed by atoms with Gasteiger partial charge in [0, 0.05) is 26.6 Å². The summed E-state index contributed by atoms with van der Waals surface area (Å²) in [5, 5.41) is 5.02. The molecular weight excluding hydrogens is 316 g/mol. The van der Waals surface area contributed by atoms with Crippen molar-refractivity contribution in [2.75, 3.05) is 13.6 Å². The maximum atomic E-state index is 12.2. The first-order valence-electron chi connectivity index (χ1n) is 8.17. The predicted molar refractivity (Wildman–Crippen MR) is 96.1 cm³/mol. The highest BCUT2D eigenvalue weighted by Crippen LogP contribution is 2.16. The molecule has 1 heterocycles. The smallest absolute Gasteiger partial charge is 0.286 e. The third-order valence-corrected chi connectivity index (χ3v) is 4.03. The molecule has 0 saturated heterocycles. The van der Waals surface area contributed by atoms with Crippen LogP contribution in [0.2, 0.25) is 0 Å². The van der Waals surface area contributed by atoms with Crippen LogP contribution in [0.15, 0.2) is 65.3 Å². The summed E-state index contributed by atoms with van der Waals surface area (Å²) in [7, 11) is 1.77. The summed E-state index contributed by atoms with van der Waals surface area (Å²) in [5.41, 5.74) is 1.08. The van der Waals surface area contributed by atoms with Crippen LogP contribution in [0.25, 0.3) is 10.8 Å². The number of rotatable bonds is 6. The van der Waals surface area contributed by atoms with Crippen LogP contribution in [-0.2, 0) is 11.3 Å². The normalized spacial score (nSPS) is 10.6. The molecule has 3 rings (SSSR count). The summed E-state index contributed by atoms with van der Waals surface area (Å²) in [6.07, 6.45) is 1.69. The number of benzene rings is 2. The number of fused-ring (bicyclic) bond motifs is 1. The van der Waals surface area contributed by atoms with Gasteiger partial charge < -0.3 is 14.6 Å². The lowest BCUT2D eigenvalue weighted by Crippen LogP contribution is -2.31. The van der Waals surface area contributed by atoms with Gasteiger partial charge in [0.25, 0.3) is 5.91 Å². The first-order chi connectivity index (χ1) is 12.1. The Labute approximate surface area is 146 Å². The number of carbonyl (C=O) groups excluding carboxylic acids is 2. The number of amides is 2. The van der Waals surface area contributed by atoms with E-state index in [1.807, 2.05) is 18.2 Å². The molecule has 0 fully saturated rings. The standard InChI is InChI=1S/C20H20N2O3/c1-22(14-15-8-9-16-5-2-3-6-17(16)13-15)19(23)10-11-21-20(24)18-7-4-12-25-18/h2-9,12-13H,10-11,14H2,1H3,(H,21,24). The van der Waals surface area contributed by atoms with Crippen molar-refractivity contribution in [1.29, 1.82) is 0 Å². The van der Waals surface area contributed by atoms with Gasteiger partial charge in [0.1, 0.15) is 0 Å². The van der Waals surface area contributed by atoms with E-state index in [0.717, 1.165) is 10.9 Å². The molecule has 1 N–H and O–H groups in total. The highest BCUT2D eigenvalue weighted by Gasteiger charge is 2.12. The van der Waals surface area contributed by atoms with Crippen LogP contribution in [0.5, 0.6) is 0 Å². The van der Waals surface area contributed by atoms with Crippen LogP contribution in [0.4, 0.5) is 0 Å². The van der Waals surface area contributed by atoms with Gasteiger partial charge in [-0.25, -0.2) is 0 Å². The Hall–Kier alpha value is -3.08. The fourth-order valence-electron chi connectivity index (χ4n) is 2.67. The Kier molecular flexibility index (Phi) is 5.14. The van der Waals surface area contributed by atoms with Crippen LogP contribution in [0, 0.1) is 0 Å². The van der Waals surface area contributed by atoms with E-state index in [1.54, 1.807) is 24.1 Å². The molecule has 0 aliphatic heterocycles. The zero-order valence-corrected chi connectivity index (χ0v) is 14.1. The van der Waals surface area contributed by atoms with Crippen molar-refractivity contribution >= 4 is 22.6 Å². The van der Waals surface area contributed by atoms with Gasteiger partial charge in [-0.05, 0) is 34.5 Å². The summed E-state index contributed by atoms with van der Waals surface area (Å²) in [4.78, 5) is 25.6. The predicted octanol–water partition coefficient (Wildman–Crippen LogP) is 3.21. The molecule has 25 heavy (non-hydrogen) atoms. The van der Waals surface area contributed by atoms with Gasteiger partial charge in [-0.1, -0.05) is 36.4 Å². The molecule has 0 radical (unpaired) electrons. The summed E-state index contributed by atoms with van der Waals surface area (Å²) in [6, 6.07) is 17.6. The van der Waals surface area contributed by atoms with E-state index in [0.29, 0.717) is 6.54 Å². The van der Waals surface area contributed by atoms with Crippen molar-refractivity contribution in [3.8, 4) is 0 Å². The number of hydrogen-bond donors (Lipinski definition) is 1. The molecule has 5 heteroatoms. The largest absolute Gasteiger partial charge is 0.459 e. The summed E-state index contributed by atoms with van der Waals surface area (Å²) >= 11 is 0. The average Bonchev–Trinajstić information content (AvgIpc) is 3.16. The lowest BCUT2D eigenvalue weighted by atomic mass is 10.1. The van der Waals surface area contributed by atoms with Crippen molar-refractivity contribution in [3.63, 3.8) is 0 Å². The zero-order valence-electron chi connectivity index (χ0n) is 14.1. The fourth-order valence-corrected chi connectivity index (χ4v) is 2.67. The highest BCUT2D eigenvalue weighted by atomic mass is 16.3. The summed E-state index contributed by atoms with van der Waals surface area (Å²) in [6.45, 7) is 0.816. The second kappa shape index (κ2) is 7.66. The van der Waals surface area contributed by atoms with Crippen LogP contribution in [-0.4, -0.2) is 30.3 Å². The number of nitrogens with one attached hydrogen (secondary N) is 1. The van der Waals surface area contributed by atoms with Crippen molar-refractivity contribution < 1.29 is 14.0 Å². The van der Waals surface area contributed by atoms with E-state index in [1.165, 1.54) is 11.6 Å². The molecular formula is C20H20N2O3. The third-order valence-electron chi connectivity index (χ3n) is 4.03. The van der Waals surface area contributed by atoms with E-state index in [-0.39, 0.29) is 30.5 Å². The van der Waals surface area contributed by atoms with Crippen molar-refractivity contribution in [1.82, 2.24) is 10.2 Å². The Morgan fingerprint density at radius 2 is 1.84 bits per heavy atom. The van der Waals surface area contributed by atoms with Gasteiger partial charge in [0.2, 0.25) is 5.91 Å². The molecule has 0 spiro atoms. The van der Waals surface area contributed by atoms with Crippen LogP contribution in [0.1, 0.15) is 22.5 Å². The van der Waals surface area contributed by atoms with Gasteiger partial charge >= 0.3 is 0 Å². The van der Waals surface area contributed by atoms with E-state index < -0.39 is 0 Å². The monoisotopic (exact) mass is 336 g/mol. The fraction of sp³-hybridized carbons (Fsp3) is 0.200. The molecule has 0 aliphatic carbocycles. The summed E-state index contributed by atoms with van der Waals surface area (Å²) in [5.74, 6) is -0.0835. The second-order valence-corrected chi connectivity index (χ2v) is 5.91. The van der Waals surface area contributed by atoms with Gasteiger partial charge in [-0.2, -0.15) is 0 Å². The highest BCUT2D eigenvalue weighted by molar-refractivity contribution is 5.91. The van der Waals surface area contributed by atoms with Crippen molar-refractivity contribution in [2.24, 2.45) is 0 Å². The Balaban J connectivity index is 1.50. The maximum Gasteiger partial charge on any atom is 0.286 e. The van der Waals surface area contributed by atoms with Gasteiger partial charge in [-0.3, -0.25) is 9.59 Å². The summed E-state index contributed by atoms with van der Waals surface area (Å²) < 4.78 is 5.01. The minimum Gasteiger partial charge on any atom is -0.459 e. The van der Waals surface area contributed by atoms with E-state index in [9.17, 15) is 9.59 Å². The van der Waals surface area contributed by atoms with Gasteiger partial charge in [-0.15, -0.1) is 0 Å². The molecule has 128 valence electrons. The number of hydrogen-bond acceptors (Lipinski definition) is 3. The van der Waals surface area contributed by atoms with Crippen LogP contribution < -0.4 is 5.32 Å². The lowest BCUT2D eigenvalue weighted by molar-refractivity contribution is -0.130. The first kappa shape index (κ1) is 16.8. The second-order valence-electron chi connectivity index (χ2n) is 5.91. The molecule has 0 aliphatic rings. The lowest BCUT2D eigenvalue weighted by Gasteiger charge is -2.17. The Bertz CT molecular complexity index is 872. The van der Waals surface area contributed by atoms with E-state index in [4.69, 9.17) is 4.42 Å². The molecule has 5 nitrogen and oxygen atoms in total. The number of nitrogens with zero attached hydrogens (tertiary/aromatic N) is 1. The number of carbonyl (C=O) groups is 2. The van der Waals surface area contributed by atoms with Crippen molar-refractivity contribution in [3.05, 3.63) is 72.2 Å². The first-order valence-corrected chi connectivity index (χ1v) is 8.17. The van der Waals surface area contributed by atoms with E-state index in [2.05, 4.69) is 29.6 Å². The topological polar surface area (TPSA) is 62.6 Å². The van der Waals surface area contributed by atoms with Gasteiger partial charge in [0.15, 0.2) is 5.76 Å². The SMILES string of the molecule is CN(Cc1ccc2ccccc2c1)C(=O)CCNC(=O)c1ccco1. The molecule has 1 aromatic heterocycles. The average molecular weight is 336 g/mol. The maximum absolute atomic E-state index is 12.2. The molecule has 3 aromatic rings. The quantitative estimate of drug-likeness (QED) is 0.752.